The Morgan fingerprint density at radius 3 is 1.69 bits per heavy atom. The van der Waals surface area contributed by atoms with Crippen LogP contribution in [0.1, 0.15) is 115 Å². The second-order valence-electron chi connectivity index (χ2n) is 19.2. The number of rotatable bonds is 29. The Hall–Kier alpha value is -7.14. The highest BCUT2D eigenvalue weighted by Crippen LogP contribution is 2.44. The number of benzene rings is 2. The van der Waals surface area contributed by atoms with Gasteiger partial charge in [0, 0.05) is 25.8 Å². The summed E-state index contributed by atoms with van der Waals surface area (Å²) in [5.74, 6) is -8.96. The molecule has 406 valence electrons. The van der Waals surface area contributed by atoms with Crippen molar-refractivity contribution in [1.82, 2.24) is 42.5 Å². The van der Waals surface area contributed by atoms with Crippen LogP contribution in [0.25, 0.3) is 11.1 Å². The second-order valence-corrected chi connectivity index (χ2v) is 19.2. The summed E-state index contributed by atoms with van der Waals surface area (Å²) >= 11 is 0. The maximum absolute atomic E-state index is 14.1. The van der Waals surface area contributed by atoms with Gasteiger partial charge in [-0.25, -0.2) is 9.59 Å². The van der Waals surface area contributed by atoms with Crippen molar-refractivity contribution in [3.8, 4) is 11.1 Å². The molecule has 2 aliphatic rings. The number of carbonyl (C=O) groups is 10. The first-order chi connectivity index (χ1) is 35.2. The van der Waals surface area contributed by atoms with E-state index in [4.69, 9.17) is 10.5 Å². The monoisotopic (exact) mass is 1040 g/mol. The number of aliphatic hydroxyl groups is 2. The van der Waals surface area contributed by atoms with Crippen LogP contribution in [0.4, 0.5) is 4.79 Å². The van der Waals surface area contributed by atoms with Crippen molar-refractivity contribution in [1.29, 1.82) is 0 Å². The summed E-state index contributed by atoms with van der Waals surface area (Å²) in [5.41, 5.74) is 9.70. The third-order valence-electron chi connectivity index (χ3n) is 12.9. The van der Waals surface area contributed by atoms with Gasteiger partial charge in [0.2, 0.25) is 47.3 Å². The molecule has 23 heteroatoms. The number of nitrogens with one attached hydrogen (secondary N) is 8. The summed E-state index contributed by atoms with van der Waals surface area (Å²) in [6.45, 7) is 4.47. The molecule has 4 rings (SSSR count). The maximum Gasteiger partial charge on any atom is 0.407 e. The van der Waals surface area contributed by atoms with Crippen LogP contribution in [0.5, 0.6) is 0 Å². The predicted octanol–water partition coefficient (Wildman–Crippen LogP) is 0.0899. The number of carbonyl (C=O) groups excluding carboxylic acids is 9. The van der Waals surface area contributed by atoms with Crippen LogP contribution in [0.15, 0.2) is 48.5 Å². The highest BCUT2D eigenvalue weighted by Gasteiger charge is 2.37. The highest BCUT2D eigenvalue weighted by atomic mass is 16.5. The Balaban J connectivity index is 1.32. The first kappa shape index (κ1) is 59.4. The van der Waals surface area contributed by atoms with Crippen LogP contribution in [-0.4, -0.2) is 143 Å². The Labute approximate surface area is 430 Å². The molecule has 0 heterocycles. The number of unbranched alkanes of at least 4 members (excludes halogenated alkanes) is 1. The molecule has 0 saturated heterocycles. The molecule has 74 heavy (non-hydrogen) atoms. The van der Waals surface area contributed by atoms with Gasteiger partial charge in [-0.05, 0) is 86.0 Å². The molecule has 2 aliphatic carbocycles. The van der Waals surface area contributed by atoms with Crippen molar-refractivity contribution in [2.45, 2.75) is 147 Å². The average Bonchev–Trinajstić information content (AvgIpc) is 3.68. The van der Waals surface area contributed by atoms with Crippen molar-refractivity contribution in [3.05, 3.63) is 59.7 Å². The van der Waals surface area contributed by atoms with Gasteiger partial charge in [0.1, 0.15) is 48.9 Å². The number of carboxylic acid groups (broad SMARTS) is 1. The molecule has 7 atom stereocenters. The second kappa shape index (κ2) is 29.5. The predicted molar refractivity (Wildman–Crippen MR) is 268 cm³/mol. The number of fused-ring (bicyclic) bond motifs is 3. The summed E-state index contributed by atoms with van der Waals surface area (Å²) in [7, 11) is 0. The number of nitrogens with two attached hydrogens (primary N) is 1. The van der Waals surface area contributed by atoms with E-state index in [2.05, 4.69) is 42.5 Å². The number of primary amides is 1. The fourth-order valence-electron chi connectivity index (χ4n) is 9.07. The van der Waals surface area contributed by atoms with E-state index < -0.39 is 127 Å². The van der Waals surface area contributed by atoms with Gasteiger partial charge in [-0.1, -0.05) is 81.6 Å². The standard InChI is InChI=1S/C51H73N9O14/c1-28(2)24-39(50(71)72)57-47(68)40(25-61)59-46(67)38(21-22-42(52)64)56-49(70)43(31-14-6-5-7-15-31)60-48(69)41(26-62)58-44(65)29(3)54-45(66)37(55-30(4)63)20-12-13-23-53-51(73)74-27-36-34-18-10-8-16-32(34)33-17-9-11-19-35(33)36/h8-11,16-19,28-29,31,36-41,43,61-62H,5-7,12-15,20-27H2,1-4H3,(H2,52,64)(H,53,73)(H,54,66)(H,55,63)(H,56,70)(H,57,68)(H,58,65)(H,59,67)(H,60,69)(H,71,72)/t29-,37-,38-,39-,40-,41-,43-/m0/s1. The SMILES string of the molecule is CC(=O)N[C@@H](CCCCNC(=O)OCC1c2ccccc2-c2ccccc21)C(=O)N[C@@H](C)C(=O)N[C@@H](CO)C(=O)N[C@H](C(=O)N[C@@H](CCC(N)=O)C(=O)N[C@@H](CO)C(=O)N[C@@H](CC(C)C)C(=O)O)C1CCCCC1. The van der Waals surface area contributed by atoms with Gasteiger partial charge in [-0.15, -0.1) is 0 Å². The molecule has 9 amide bonds. The summed E-state index contributed by atoms with van der Waals surface area (Å²) in [4.78, 5) is 129. The normalized spacial score (nSPS) is 16.0. The van der Waals surface area contributed by atoms with Gasteiger partial charge < -0.3 is 68.3 Å². The molecule has 13 N–H and O–H groups in total. The van der Waals surface area contributed by atoms with Gasteiger partial charge >= 0.3 is 12.1 Å². The minimum atomic E-state index is -1.66. The fraction of sp³-hybridized carbons (Fsp3) is 0.569. The molecule has 1 fully saturated rings. The summed E-state index contributed by atoms with van der Waals surface area (Å²) < 4.78 is 5.58. The van der Waals surface area contributed by atoms with Crippen molar-refractivity contribution in [2.75, 3.05) is 26.4 Å². The third-order valence-corrected chi connectivity index (χ3v) is 12.9. The first-order valence-electron chi connectivity index (χ1n) is 25.1. The van der Waals surface area contributed by atoms with Crippen molar-refractivity contribution < 1.29 is 68.0 Å². The van der Waals surface area contributed by atoms with E-state index in [1.54, 1.807) is 13.8 Å². The molecule has 0 aromatic heterocycles. The maximum atomic E-state index is 14.1. The number of aliphatic carboxylic acids is 1. The third kappa shape index (κ3) is 18.1. The van der Waals surface area contributed by atoms with Gasteiger partial charge in [-0.3, -0.25) is 38.4 Å². The number of carboxylic acids is 1. The zero-order valence-electron chi connectivity index (χ0n) is 42.4. The lowest BCUT2D eigenvalue weighted by atomic mass is 9.83. The first-order valence-corrected chi connectivity index (χ1v) is 25.1. The number of alkyl carbamates (subject to hydrolysis) is 1. The van der Waals surface area contributed by atoms with Crippen LogP contribution in [0, 0.1) is 11.8 Å². The van der Waals surface area contributed by atoms with E-state index in [1.807, 2.05) is 48.5 Å². The fourth-order valence-corrected chi connectivity index (χ4v) is 9.07. The van der Waals surface area contributed by atoms with Crippen LogP contribution in [0.2, 0.25) is 0 Å². The van der Waals surface area contributed by atoms with E-state index >= 15 is 0 Å². The molecular formula is C51H73N9O14. The van der Waals surface area contributed by atoms with E-state index in [0.717, 1.165) is 28.7 Å². The number of hydrogen-bond acceptors (Lipinski definition) is 13. The lowest BCUT2D eigenvalue weighted by Crippen LogP contribution is -2.62. The van der Waals surface area contributed by atoms with E-state index in [-0.39, 0.29) is 44.2 Å². The van der Waals surface area contributed by atoms with Crippen molar-refractivity contribution >= 4 is 59.3 Å². The zero-order valence-corrected chi connectivity index (χ0v) is 42.4. The Kier molecular flexibility index (Phi) is 23.7. The summed E-state index contributed by atoms with van der Waals surface area (Å²) in [6.07, 6.45) is 2.73. The van der Waals surface area contributed by atoms with E-state index in [0.29, 0.717) is 38.5 Å². The van der Waals surface area contributed by atoms with Gasteiger partial charge in [0.25, 0.3) is 0 Å². The molecule has 2 aromatic carbocycles. The lowest BCUT2D eigenvalue weighted by Gasteiger charge is -2.32. The molecule has 23 nitrogen and oxygen atoms in total. The molecule has 0 bridgehead atoms. The molecule has 0 unspecified atom stereocenters. The molecule has 0 spiro atoms. The number of ether oxygens (including phenoxy) is 1. The quantitative estimate of drug-likeness (QED) is 0.0481. The van der Waals surface area contributed by atoms with Crippen LogP contribution < -0.4 is 48.3 Å². The van der Waals surface area contributed by atoms with E-state index in [9.17, 15) is 63.3 Å². The van der Waals surface area contributed by atoms with Crippen molar-refractivity contribution in [3.63, 3.8) is 0 Å². The minimum Gasteiger partial charge on any atom is -0.480 e. The Morgan fingerprint density at radius 2 is 1.14 bits per heavy atom. The number of amides is 9. The van der Waals surface area contributed by atoms with Crippen molar-refractivity contribution in [2.24, 2.45) is 17.6 Å². The molecule has 0 aliphatic heterocycles. The molecule has 0 radical (unpaired) electrons. The lowest BCUT2D eigenvalue weighted by molar-refractivity contribution is -0.143. The van der Waals surface area contributed by atoms with Crippen LogP contribution in [-0.2, 0) is 47.9 Å². The minimum absolute atomic E-state index is 0.0484. The zero-order chi connectivity index (χ0) is 54.5. The number of hydrogen-bond donors (Lipinski definition) is 12. The van der Waals surface area contributed by atoms with Gasteiger partial charge in [0.15, 0.2) is 0 Å². The number of aliphatic hydroxyl groups excluding tert-OH is 2. The smallest absolute Gasteiger partial charge is 0.407 e. The summed E-state index contributed by atoms with van der Waals surface area (Å²) in [6, 6.07) is 6.03. The van der Waals surface area contributed by atoms with Gasteiger partial charge in [0.05, 0.1) is 13.2 Å². The van der Waals surface area contributed by atoms with Crippen LogP contribution >= 0.6 is 0 Å². The average molecular weight is 1040 g/mol. The topological polar surface area (TPSA) is 363 Å². The molecule has 1 saturated carbocycles. The molecular weight excluding hydrogens is 963 g/mol. The van der Waals surface area contributed by atoms with Crippen LogP contribution in [0.3, 0.4) is 0 Å². The Bertz CT molecular complexity index is 2260. The van der Waals surface area contributed by atoms with E-state index in [1.165, 1.54) is 13.8 Å². The molecule has 2 aromatic rings. The highest BCUT2D eigenvalue weighted by molar-refractivity contribution is 5.97. The summed E-state index contributed by atoms with van der Waals surface area (Å²) in [5, 5.41) is 49.6. The van der Waals surface area contributed by atoms with Gasteiger partial charge in [-0.2, -0.15) is 0 Å². The Morgan fingerprint density at radius 1 is 0.622 bits per heavy atom. The largest absolute Gasteiger partial charge is 0.480 e.